The van der Waals surface area contributed by atoms with Crippen molar-refractivity contribution in [3.05, 3.63) is 28.3 Å². The summed E-state index contributed by atoms with van der Waals surface area (Å²) >= 11 is 0. The zero-order chi connectivity index (χ0) is 14.0. The molecule has 1 aromatic heterocycles. The Morgan fingerprint density at radius 3 is 2.00 bits per heavy atom. The quantitative estimate of drug-likeness (QED) is 0.490. The zero-order valence-corrected chi connectivity index (χ0v) is 11.2. The summed E-state index contributed by atoms with van der Waals surface area (Å²) in [7, 11) is 1.27. The molecule has 5 heteroatoms. The smallest absolute Gasteiger partial charge is 0.340 e. The number of allylic oxidation sites excluding steroid dienone is 2. The molecule has 2 N–H and O–H groups in total. The first-order valence-electron chi connectivity index (χ1n) is 5.49. The Labute approximate surface area is 105 Å². The van der Waals surface area contributed by atoms with E-state index in [0.717, 1.165) is 0 Å². The Hall–Kier alpha value is -2.04. The third-order valence-corrected chi connectivity index (χ3v) is 2.73. The van der Waals surface area contributed by atoms with E-state index in [0.29, 0.717) is 17.0 Å². The van der Waals surface area contributed by atoms with Crippen molar-refractivity contribution in [2.75, 3.05) is 7.11 Å². The van der Waals surface area contributed by atoms with Gasteiger partial charge in [-0.1, -0.05) is 0 Å². The maximum atomic E-state index is 11.8. The second-order valence-electron chi connectivity index (χ2n) is 4.13. The molecular formula is C13H17NO4. The topological polar surface area (TPSA) is 79.4 Å². The van der Waals surface area contributed by atoms with Crippen LogP contribution in [0, 0.1) is 13.8 Å². The number of aliphatic hydroxyl groups is 1. The van der Waals surface area contributed by atoms with Crippen LogP contribution in [-0.2, 0) is 9.53 Å². The van der Waals surface area contributed by atoms with Gasteiger partial charge in [0.1, 0.15) is 5.76 Å². The monoisotopic (exact) mass is 251 g/mol. The average molecular weight is 251 g/mol. The van der Waals surface area contributed by atoms with Crippen LogP contribution in [0.3, 0.4) is 0 Å². The minimum absolute atomic E-state index is 0.116. The number of methoxy groups -OCH3 is 1. The van der Waals surface area contributed by atoms with Crippen LogP contribution in [0.5, 0.6) is 0 Å². The molecule has 0 spiro atoms. The van der Waals surface area contributed by atoms with Gasteiger partial charge in [-0.05, 0) is 27.7 Å². The van der Waals surface area contributed by atoms with E-state index in [9.17, 15) is 14.7 Å². The van der Waals surface area contributed by atoms with E-state index in [2.05, 4.69) is 4.98 Å². The van der Waals surface area contributed by atoms with Crippen LogP contribution in [0.4, 0.5) is 0 Å². The van der Waals surface area contributed by atoms with E-state index in [1.807, 2.05) is 0 Å². The van der Waals surface area contributed by atoms with Crippen molar-refractivity contribution in [3.8, 4) is 0 Å². The lowest BCUT2D eigenvalue weighted by molar-refractivity contribution is -0.111. The highest BCUT2D eigenvalue weighted by atomic mass is 16.5. The summed E-state index contributed by atoms with van der Waals surface area (Å²) in [4.78, 5) is 26.4. The Kier molecular flexibility index (Phi) is 3.96. The van der Waals surface area contributed by atoms with Crippen LogP contribution in [0.2, 0.25) is 0 Å². The summed E-state index contributed by atoms with van der Waals surface area (Å²) in [5.74, 6) is -0.955. The fraction of sp³-hybridized carbons (Fsp3) is 0.385. The average Bonchev–Trinajstić information content (AvgIpc) is 2.52. The van der Waals surface area contributed by atoms with Gasteiger partial charge < -0.3 is 14.8 Å². The zero-order valence-electron chi connectivity index (χ0n) is 11.2. The standard InChI is InChI=1S/C13H17NO4/c1-6-10(12(8(3)15)9(4)16)11(7(2)14-6)13(17)18-5/h14-15H,1-5H3/b12-8+. The van der Waals surface area contributed by atoms with Gasteiger partial charge in [-0.2, -0.15) is 0 Å². The van der Waals surface area contributed by atoms with Crippen LogP contribution >= 0.6 is 0 Å². The van der Waals surface area contributed by atoms with E-state index in [-0.39, 0.29) is 22.7 Å². The molecular weight excluding hydrogens is 234 g/mol. The summed E-state index contributed by atoms with van der Waals surface area (Å²) in [5.41, 5.74) is 2.08. The molecule has 0 saturated heterocycles. The molecule has 0 unspecified atom stereocenters. The number of aromatic amines is 1. The predicted octanol–water partition coefficient (Wildman–Crippen LogP) is 2.30. The van der Waals surface area contributed by atoms with Gasteiger partial charge in [0.15, 0.2) is 5.78 Å². The van der Waals surface area contributed by atoms with Gasteiger partial charge in [0.2, 0.25) is 0 Å². The van der Waals surface area contributed by atoms with E-state index >= 15 is 0 Å². The highest BCUT2D eigenvalue weighted by Gasteiger charge is 2.25. The van der Waals surface area contributed by atoms with Crippen molar-refractivity contribution < 1.29 is 19.4 Å². The number of H-pyrrole nitrogens is 1. The summed E-state index contributed by atoms with van der Waals surface area (Å²) in [6.07, 6.45) is 0. The van der Waals surface area contributed by atoms with Gasteiger partial charge in [-0.15, -0.1) is 0 Å². The highest BCUT2D eigenvalue weighted by Crippen LogP contribution is 2.29. The number of esters is 1. The second kappa shape index (κ2) is 5.08. The third-order valence-electron chi connectivity index (χ3n) is 2.73. The Morgan fingerprint density at radius 2 is 1.61 bits per heavy atom. The van der Waals surface area contributed by atoms with Crippen molar-refractivity contribution >= 4 is 17.3 Å². The number of nitrogens with one attached hydrogen (secondary N) is 1. The van der Waals surface area contributed by atoms with E-state index in [1.54, 1.807) is 13.8 Å². The molecule has 1 heterocycles. The number of hydrogen-bond donors (Lipinski definition) is 2. The first kappa shape index (κ1) is 14.0. The molecule has 0 aliphatic heterocycles. The maximum Gasteiger partial charge on any atom is 0.340 e. The molecule has 18 heavy (non-hydrogen) atoms. The number of carbonyl (C=O) groups excluding carboxylic acids is 2. The largest absolute Gasteiger partial charge is 0.512 e. The van der Waals surface area contributed by atoms with Crippen molar-refractivity contribution in [3.63, 3.8) is 0 Å². The first-order chi connectivity index (χ1) is 8.31. The normalized spacial score (nSPS) is 12.1. The number of aromatic nitrogens is 1. The number of Topliss-reactive ketones (excluding diaryl/α,β-unsaturated/α-hetero) is 1. The molecule has 0 atom stereocenters. The van der Waals surface area contributed by atoms with Crippen LogP contribution in [-0.4, -0.2) is 29.0 Å². The molecule has 0 amide bonds. The van der Waals surface area contributed by atoms with Gasteiger partial charge in [0.05, 0.1) is 18.2 Å². The fourth-order valence-electron chi connectivity index (χ4n) is 2.06. The Balaban J connectivity index is 3.64. The number of aryl methyl sites for hydroxylation is 2. The predicted molar refractivity (Wildman–Crippen MR) is 67.5 cm³/mol. The van der Waals surface area contributed by atoms with Crippen molar-refractivity contribution in [2.24, 2.45) is 0 Å². The van der Waals surface area contributed by atoms with Crippen LogP contribution in [0.25, 0.3) is 5.57 Å². The molecule has 0 aromatic carbocycles. The van der Waals surface area contributed by atoms with Gasteiger partial charge in [0, 0.05) is 17.0 Å². The van der Waals surface area contributed by atoms with Crippen LogP contribution in [0.15, 0.2) is 5.76 Å². The van der Waals surface area contributed by atoms with Gasteiger partial charge in [0.25, 0.3) is 0 Å². The van der Waals surface area contributed by atoms with Gasteiger partial charge in [-0.25, -0.2) is 4.79 Å². The van der Waals surface area contributed by atoms with E-state index in [1.165, 1.54) is 21.0 Å². The highest BCUT2D eigenvalue weighted by molar-refractivity contribution is 6.22. The molecule has 0 bridgehead atoms. The SMILES string of the molecule is COC(=O)c1c(C)[nH]c(C)c1/C(C(C)=O)=C(\C)O. The molecule has 5 nitrogen and oxygen atoms in total. The molecule has 1 rings (SSSR count). The van der Waals surface area contributed by atoms with Crippen molar-refractivity contribution in [2.45, 2.75) is 27.7 Å². The molecule has 0 aliphatic carbocycles. The minimum atomic E-state index is -0.535. The van der Waals surface area contributed by atoms with Crippen molar-refractivity contribution in [1.82, 2.24) is 4.98 Å². The molecule has 98 valence electrons. The molecule has 0 radical (unpaired) electrons. The summed E-state index contributed by atoms with van der Waals surface area (Å²) in [5, 5.41) is 9.64. The van der Waals surface area contributed by atoms with Crippen molar-refractivity contribution in [1.29, 1.82) is 0 Å². The third kappa shape index (κ3) is 2.30. The number of ketones is 1. The number of carbonyl (C=O) groups is 2. The van der Waals surface area contributed by atoms with E-state index < -0.39 is 5.97 Å². The lowest BCUT2D eigenvalue weighted by Gasteiger charge is -2.08. The van der Waals surface area contributed by atoms with Crippen LogP contribution < -0.4 is 0 Å². The van der Waals surface area contributed by atoms with Gasteiger partial charge >= 0.3 is 5.97 Å². The molecule has 0 saturated carbocycles. The number of aliphatic hydroxyl groups excluding tert-OH is 1. The summed E-state index contributed by atoms with van der Waals surface area (Å²) in [6, 6.07) is 0. The Morgan fingerprint density at radius 1 is 1.11 bits per heavy atom. The van der Waals surface area contributed by atoms with Crippen LogP contribution in [0.1, 0.15) is 41.2 Å². The lowest BCUT2D eigenvalue weighted by Crippen LogP contribution is -2.09. The maximum absolute atomic E-state index is 11.8. The lowest BCUT2D eigenvalue weighted by atomic mass is 9.96. The molecule has 0 fully saturated rings. The number of hydrogen-bond acceptors (Lipinski definition) is 4. The van der Waals surface area contributed by atoms with Gasteiger partial charge in [-0.3, -0.25) is 4.79 Å². The summed E-state index contributed by atoms with van der Waals surface area (Å²) < 4.78 is 4.71. The second-order valence-corrected chi connectivity index (χ2v) is 4.13. The first-order valence-corrected chi connectivity index (χ1v) is 5.49. The van der Waals surface area contributed by atoms with E-state index in [4.69, 9.17) is 4.74 Å². The number of rotatable bonds is 3. The summed E-state index contributed by atoms with van der Waals surface area (Å²) in [6.45, 7) is 6.21. The minimum Gasteiger partial charge on any atom is -0.512 e. The molecule has 1 aromatic rings. The Bertz CT molecular complexity index is 533. The number of ether oxygens (including phenoxy) is 1. The molecule has 0 aliphatic rings. The fourth-order valence-corrected chi connectivity index (χ4v) is 2.06.